The molecule has 3 N–H and O–H groups in total. The molecule has 1 aliphatic rings. The molecule has 1 rings (SSSR count). The lowest BCUT2D eigenvalue weighted by molar-refractivity contribution is -1.01. The monoisotopic (exact) mass is 232 g/mol. The van der Waals surface area contributed by atoms with Crippen LogP contribution in [0.5, 0.6) is 0 Å². The van der Waals surface area contributed by atoms with Gasteiger partial charge in [0.1, 0.15) is 38.8 Å². The highest BCUT2D eigenvalue weighted by atomic mass is 16.5. The van der Waals surface area contributed by atoms with Crippen molar-refractivity contribution < 1.29 is 19.6 Å². The summed E-state index contributed by atoms with van der Waals surface area (Å²) in [5.74, 6) is 0. The molecule has 0 bridgehead atoms. The number of nitrogens with one attached hydrogen (secondary N) is 2. The second-order valence-corrected chi connectivity index (χ2v) is 5.09. The first-order valence-electron chi connectivity index (χ1n) is 6.58. The number of rotatable bonds is 6. The average Bonchev–Trinajstić information content (AvgIpc) is 2.27. The number of piperazine rings is 1. The fraction of sp³-hybridized carbons (Fsp3) is 1.00. The minimum atomic E-state index is -0.305. The molecular weight excluding hydrogens is 204 g/mol. The Morgan fingerprint density at radius 1 is 1.12 bits per heavy atom. The van der Waals surface area contributed by atoms with Gasteiger partial charge in [-0.05, 0) is 20.8 Å². The number of quaternary nitrogens is 2. The van der Waals surface area contributed by atoms with Gasteiger partial charge in [-0.2, -0.15) is 0 Å². The van der Waals surface area contributed by atoms with Gasteiger partial charge in [0.2, 0.25) is 0 Å². The average molecular weight is 232 g/mol. The van der Waals surface area contributed by atoms with Gasteiger partial charge in [-0.3, -0.25) is 0 Å². The van der Waals surface area contributed by atoms with E-state index in [2.05, 4.69) is 6.92 Å². The highest BCUT2D eigenvalue weighted by Gasteiger charge is 2.23. The number of hydrogen-bond acceptors (Lipinski definition) is 2. The highest BCUT2D eigenvalue weighted by Crippen LogP contribution is 1.89. The van der Waals surface area contributed by atoms with Crippen molar-refractivity contribution in [3.8, 4) is 0 Å². The number of hydrogen-bond donors (Lipinski definition) is 3. The van der Waals surface area contributed by atoms with Crippen LogP contribution in [0.3, 0.4) is 0 Å². The van der Waals surface area contributed by atoms with Gasteiger partial charge in [0.25, 0.3) is 0 Å². The Bertz CT molecular complexity index is 180. The van der Waals surface area contributed by atoms with Crippen LogP contribution in [0.15, 0.2) is 0 Å². The molecule has 0 aliphatic carbocycles. The molecule has 0 saturated carbocycles. The van der Waals surface area contributed by atoms with Gasteiger partial charge in [-0.1, -0.05) is 0 Å². The molecule has 16 heavy (non-hydrogen) atoms. The zero-order valence-corrected chi connectivity index (χ0v) is 11.0. The predicted octanol–water partition coefficient (Wildman–Crippen LogP) is -2.42. The molecular formula is C12H28N2O2+2. The summed E-state index contributed by atoms with van der Waals surface area (Å²) in [7, 11) is 0. The Morgan fingerprint density at radius 2 is 1.69 bits per heavy atom. The topological polar surface area (TPSA) is 38.3 Å². The van der Waals surface area contributed by atoms with Crippen molar-refractivity contribution in [2.45, 2.75) is 33.0 Å². The zero-order chi connectivity index (χ0) is 12.0. The van der Waals surface area contributed by atoms with Crippen molar-refractivity contribution in [1.82, 2.24) is 0 Å². The molecule has 4 nitrogen and oxygen atoms in total. The van der Waals surface area contributed by atoms with Crippen LogP contribution in [0.2, 0.25) is 0 Å². The lowest BCUT2D eigenvalue weighted by Crippen LogP contribution is -3.28. The first-order valence-corrected chi connectivity index (χ1v) is 6.58. The van der Waals surface area contributed by atoms with Crippen LogP contribution in [0, 0.1) is 0 Å². The van der Waals surface area contributed by atoms with Crippen LogP contribution in [0.25, 0.3) is 0 Å². The number of aliphatic hydroxyl groups excluding tert-OH is 1. The molecule has 1 fully saturated rings. The van der Waals surface area contributed by atoms with E-state index in [-0.39, 0.29) is 12.2 Å². The fourth-order valence-electron chi connectivity index (χ4n) is 2.21. The van der Waals surface area contributed by atoms with Crippen LogP contribution in [0.1, 0.15) is 20.8 Å². The quantitative estimate of drug-likeness (QED) is 0.477. The molecule has 0 aromatic heterocycles. The van der Waals surface area contributed by atoms with Crippen LogP contribution >= 0.6 is 0 Å². The molecule has 0 aromatic rings. The van der Waals surface area contributed by atoms with E-state index in [1.54, 1.807) is 4.90 Å². The Morgan fingerprint density at radius 3 is 2.19 bits per heavy atom. The van der Waals surface area contributed by atoms with Crippen LogP contribution in [0.4, 0.5) is 0 Å². The first kappa shape index (κ1) is 13.9. The lowest BCUT2D eigenvalue weighted by atomic mass is 10.2. The van der Waals surface area contributed by atoms with E-state index in [0.717, 1.165) is 6.54 Å². The van der Waals surface area contributed by atoms with E-state index >= 15 is 0 Å². The predicted molar refractivity (Wildman–Crippen MR) is 63.9 cm³/mol. The smallest absolute Gasteiger partial charge is 0.127 e. The third-order valence-corrected chi connectivity index (χ3v) is 3.31. The summed E-state index contributed by atoms with van der Waals surface area (Å²) in [6.07, 6.45) is -0.0911. The summed E-state index contributed by atoms with van der Waals surface area (Å²) in [5.41, 5.74) is 0. The minimum Gasteiger partial charge on any atom is -0.385 e. The van der Waals surface area contributed by atoms with Crippen LogP contribution in [-0.4, -0.2) is 63.2 Å². The van der Waals surface area contributed by atoms with Gasteiger partial charge in [0, 0.05) is 0 Å². The largest absolute Gasteiger partial charge is 0.385 e. The molecule has 1 atom stereocenters. The van der Waals surface area contributed by atoms with E-state index in [9.17, 15) is 5.11 Å². The second kappa shape index (κ2) is 7.22. The van der Waals surface area contributed by atoms with Crippen molar-refractivity contribution in [2.24, 2.45) is 0 Å². The minimum absolute atomic E-state index is 0.214. The summed E-state index contributed by atoms with van der Waals surface area (Å²) in [4.78, 5) is 3.22. The van der Waals surface area contributed by atoms with Crippen molar-refractivity contribution in [2.75, 3.05) is 45.9 Å². The van der Waals surface area contributed by atoms with Gasteiger partial charge in [0.15, 0.2) is 0 Å². The third kappa shape index (κ3) is 5.25. The lowest BCUT2D eigenvalue weighted by Gasteiger charge is -2.30. The molecule has 0 spiro atoms. The maximum absolute atomic E-state index is 9.82. The van der Waals surface area contributed by atoms with Gasteiger partial charge in [-0.25, -0.2) is 0 Å². The molecule has 1 aliphatic heterocycles. The summed E-state index contributed by atoms with van der Waals surface area (Å²) in [5, 5.41) is 9.82. The molecule has 0 amide bonds. The summed E-state index contributed by atoms with van der Waals surface area (Å²) < 4.78 is 5.42. The Labute approximate surface area is 99.2 Å². The van der Waals surface area contributed by atoms with Gasteiger partial charge >= 0.3 is 0 Å². The maximum Gasteiger partial charge on any atom is 0.127 e. The third-order valence-electron chi connectivity index (χ3n) is 3.31. The van der Waals surface area contributed by atoms with Gasteiger partial charge < -0.3 is 19.6 Å². The summed E-state index contributed by atoms with van der Waals surface area (Å²) in [6, 6.07) is 0. The van der Waals surface area contributed by atoms with E-state index in [1.165, 1.54) is 37.6 Å². The SMILES string of the molecule is CC[NH+]1CC[NH+](C[C@@H](O)COC(C)C)CC1. The maximum atomic E-state index is 9.82. The van der Waals surface area contributed by atoms with E-state index < -0.39 is 0 Å². The second-order valence-electron chi connectivity index (χ2n) is 5.09. The Balaban J connectivity index is 2.13. The number of likely N-dealkylation sites (N-methyl/N-ethyl adjacent to an activating group) is 1. The Kier molecular flexibility index (Phi) is 6.28. The molecule has 1 heterocycles. The van der Waals surface area contributed by atoms with Gasteiger partial charge in [0.05, 0.1) is 19.3 Å². The van der Waals surface area contributed by atoms with E-state index in [1.807, 2.05) is 13.8 Å². The van der Waals surface area contributed by atoms with Crippen LogP contribution in [-0.2, 0) is 4.74 Å². The summed E-state index contributed by atoms with van der Waals surface area (Å²) in [6.45, 7) is 13.6. The standard InChI is InChI=1S/C12H26N2O2/c1-4-13-5-7-14(8-6-13)9-12(15)10-16-11(2)3/h11-12,15H,4-10H2,1-3H3/p+2/t12-/m1/s1. The number of aliphatic hydroxyl groups is 1. The normalized spacial score (nSPS) is 28.3. The molecule has 96 valence electrons. The summed E-state index contributed by atoms with van der Waals surface area (Å²) >= 11 is 0. The van der Waals surface area contributed by atoms with E-state index in [0.29, 0.717) is 6.61 Å². The van der Waals surface area contributed by atoms with Crippen molar-refractivity contribution in [1.29, 1.82) is 0 Å². The Hall–Kier alpha value is -0.160. The van der Waals surface area contributed by atoms with Crippen molar-refractivity contribution >= 4 is 0 Å². The van der Waals surface area contributed by atoms with Crippen molar-refractivity contribution in [3.05, 3.63) is 0 Å². The molecule has 1 saturated heterocycles. The molecule has 4 heteroatoms. The first-order chi connectivity index (χ1) is 7.61. The van der Waals surface area contributed by atoms with Crippen LogP contribution < -0.4 is 9.80 Å². The molecule has 0 radical (unpaired) electrons. The molecule has 0 unspecified atom stereocenters. The zero-order valence-electron chi connectivity index (χ0n) is 11.0. The number of ether oxygens (including phenoxy) is 1. The highest BCUT2D eigenvalue weighted by molar-refractivity contribution is 4.52. The van der Waals surface area contributed by atoms with E-state index in [4.69, 9.17) is 4.74 Å². The van der Waals surface area contributed by atoms with Gasteiger partial charge in [-0.15, -0.1) is 0 Å². The van der Waals surface area contributed by atoms with Crippen molar-refractivity contribution in [3.63, 3.8) is 0 Å². The fourth-order valence-corrected chi connectivity index (χ4v) is 2.21. The molecule has 0 aromatic carbocycles.